The molecular formula is C15H14BrN3O3. The number of ether oxygens (including phenoxy) is 1. The standard InChI is InChI=1S/C15H14BrN3O3/c16-12-4-2-1-3-11(12)5-6-14(20)19-7-8-21-9-13(19)15-17-10-22-18-15/h1-6,10,13H,7-9H2. The topological polar surface area (TPSA) is 68.5 Å². The minimum Gasteiger partial charge on any atom is -0.377 e. The molecule has 1 aliphatic heterocycles. The van der Waals surface area contributed by atoms with Gasteiger partial charge in [-0.1, -0.05) is 39.3 Å². The highest BCUT2D eigenvalue weighted by Gasteiger charge is 2.30. The van der Waals surface area contributed by atoms with Gasteiger partial charge in [0, 0.05) is 17.1 Å². The number of rotatable bonds is 3. The fraction of sp³-hybridized carbons (Fsp3) is 0.267. The number of carbonyl (C=O) groups is 1. The molecule has 114 valence electrons. The summed E-state index contributed by atoms with van der Waals surface area (Å²) in [6, 6.07) is 7.40. The highest BCUT2D eigenvalue weighted by atomic mass is 79.9. The summed E-state index contributed by atoms with van der Waals surface area (Å²) in [5.74, 6) is 0.358. The predicted octanol–water partition coefficient (Wildman–Crippen LogP) is 2.45. The quantitative estimate of drug-likeness (QED) is 0.783. The molecule has 0 bridgehead atoms. The lowest BCUT2D eigenvalue weighted by molar-refractivity contribution is -0.135. The smallest absolute Gasteiger partial charge is 0.247 e. The van der Waals surface area contributed by atoms with Crippen molar-refractivity contribution in [2.24, 2.45) is 0 Å². The summed E-state index contributed by atoms with van der Waals surface area (Å²) in [5, 5.41) is 3.81. The zero-order valence-corrected chi connectivity index (χ0v) is 13.3. The Morgan fingerprint density at radius 1 is 1.41 bits per heavy atom. The van der Waals surface area contributed by atoms with Gasteiger partial charge in [0.2, 0.25) is 12.3 Å². The van der Waals surface area contributed by atoms with Gasteiger partial charge in [-0.2, -0.15) is 4.98 Å². The Labute approximate surface area is 135 Å². The highest BCUT2D eigenvalue weighted by molar-refractivity contribution is 9.10. The number of hydrogen-bond acceptors (Lipinski definition) is 5. The Morgan fingerprint density at radius 2 is 2.27 bits per heavy atom. The van der Waals surface area contributed by atoms with E-state index in [1.165, 1.54) is 6.39 Å². The second kappa shape index (κ2) is 6.85. The van der Waals surface area contributed by atoms with Crippen LogP contribution in [0.2, 0.25) is 0 Å². The van der Waals surface area contributed by atoms with E-state index in [-0.39, 0.29) is 11.9 Å². The third-order valence-electron chi connectivity index (χ3n) is 3.40. The van der Waals surface area contributed by atoms with Crippen LogP contribution in [0.4, 0.5) is 0 Å². The number of aromatic nitrogens is 2. The molecule has 3 rings (SSSR count). The van der Waals surface area contributed by atoms with E-state index in [2.05, 4.69) is 26.1 Å². The maximum Gasteiger partial charge on any atom is 0.247 e. The van der Waals surface area contributed by atoms with Crippen LogP contribution in [-0.4, -0.2) is 40.7 Å². The molecule has 2 heterocycles. The molecule has 2 aromatic rings. The first-order valence-electron chi connectivity index (χ1n) is 6.83. The predicted molar refractivity (Wildman–Crippen MR) is 82.7 cm³/mol. The van der Waals surface area contributed by atoms with Gasteiger partial charge in [-0.3, -0.25) is 4.79 Å². The van der Waals surface area contributed by atoms with Crippen LogP contribution in [0.25, 0.3) is 6.08 Å². The van der Waals surface area contributed by atoms with E-state index in [0.717, 1.165) is 10.0 Å². The molecule has 0 spiro atoms. The molecule has 0 radical (unpaired) electrons. The number of carbonyl (C=O) groups excluding carboxylic acids is 1. The van der Waals surface area contributed by atoms with Crippen molar-refractivity contribution in [2.75, 3.05) is 19.8 Å². The van der Waals surface area contributed by atoms with E-state index < -0.39 is 0 Å². The summed E-state index contributed by atoms with van der Waals surface area (Å²) < 4.78 is 11.1. The molecule has 0 aliphatic carbocycles. The van der Waals surface area contributed by atoms with Crippen LogP contribution in [-0.2, 0) is 9.53 Å². The van der Waals surface area contributed by atoms with E-state index in [1.807, 2.05) is 24.3 Å². The van der Waals surface area contributed by atoms with Gasteiger partial charge in [0.1, 0.15) is 6.04 Å². The minimum absolute atomic E-state index is 0.103. The van der Waals surface area contributed by atoms with Gasteiger partial charge in [-0.25, -0.2) is 0 Å². The Hall–Kier alpha value is -1.99. The fourth-order valence-corrected chi connectivity index (χ4v) is 2.69. The molecule has 1 aromatic carbocycles. The monoisotopic (exact) mass is 363 g/mol. The van der Waals surface area contributed by atoms with Gasteiger partial charge in [0.05, 0.1) is 13.2 Å². The molecule has 1 fully saturated rings. The molecular weight excluding hydrogens is 350 g/mol. The van der Waals surface area contributed by atoms with E-state index in [9.17, 15) is 4.79 Å². The molecule has 6 nitrogen and oxygen atoms in total. The lowest BCUT2D eigenvalue weighted by atomic mass is 10.2. The Kier molecular flexibility index (Phi) is 4.65. The van der Waals surface area contributed by atoms with Crippen LogP contribution in [0, 0.1) is 0 Å². The molecule has 22 heavy (non-hydrogen) atoms. The normalized spacial score (nSPS) is 18.8. The first-order valence-corrected chi connectivity index (χ1v) is 7.62. The molecule has 1 saturated heterocycles. The second-order valence-electron chi connectivity index (χ2n) is 4.77. The second-order valence-corrected chi connectivity index (χ2v) is 5.62. The van der Waals surface area contributed by atoms with Crippen LogP contribution in [0.1, 0.15) is 17.4 Å². The third kappa shape index (κ3) is 3.26. The van der Waals surface area contributed by atoms with Gasteiger partial charge in [0.15, 0.2) is 5.82 Å². The molecule has 1 aliphatic rings. The summed E-state index contributed by atoms with van der Waals surface area (Å²) in [5.41, 5.74) is 0.945. The summed E-state index contributed by atoms with van der Waals surface area (Å²) >= 11 is 3.46. The van der Waals surface area contributed by atoms with Crippen molar-refractivity contribution < 1.29 is 14.1 Å². The molecule has 1 aromatic heterocycles. The number of hydrogen-bond donors (Lipinski definition) is 0. The zero-order chi connectivity index (χ0) is 15.4. The number of nitrogens with zero attached hydrogens (tertiary/aromatic N) is 3. The molecule has 7 heteroatoms. The lowest BCUT2D eigenvalue weighted by Crippen LogP contribution is -2.43. The molecule has 1 amide bonds. The number of halogens is 1. The van der Waals surface area contributed by atoms with Crippen molar-refractivity contribution in [3.05, 3.63) is 52.6 Å². The summed E-state index contributed by atoms with van der Waals surface area (Å²) in [6.07, 6.45) is 4.59. The summed E-state index contributed by atoms with van der Waals surface area (Å²) in [7, 11) is 0. The van der Waals surface area contributed by atoms with Gasteiger partial charge in [-0.15, -0.1) is 0 Å². The van der Waals surface area contributed by atoms with E-state index >= 15 is 0 Å². The van der Waals surface area contributed by atoms with Crippen molar-refractivity contribution in [3.8, 4) is 0 Å². The molecule has 1 unspecified atom stereocenters. The van der Waals surface area contributed by atoms with Crippen molar-refractivity contribution in [3.63, 3.8) is 0 Å². The number of amides is 1. The molecule has 0 saturated carbocycles. The first kappa shape index (κ1) is 14.9. The SMILES string of the molecule is O=C(C=Cc1ccccc1Br)N1CCOCC1c1ncon1. The fourth-order valence-electron chi connectivity index (χ4n) is 2.27. The number of morpholine rings is 1. The largest absolute Gasteiger partial charge is 0.377 e. The average Bonchev–Trinajstić information content (AvgIpc) is 3.08. The Balaban J connectivity index is 1.76. The average molecular weight is 364 g/mol. The van der Waals surface area contributed by atoms with Crippen molar-refractivity contribution >= 4 is 27.9 Å². The Bertz CT molecular complexity index is 672. The third-order valence-corrected chi connectivity index (χ3v) is 4.12. The van der Waals surface area contributed by atoms with Crippen LogP contribution >= 0.6 is 15.9 Å². The van der Waals surface area contributed by atoms with Crippen molar-refractivity contribution in [1.29, 1.82) is 0 Å². The van der Waals surface area contributed by atoms with Crippen LogP contribution in [0.15, 0.2) is 45.7 Å². The van der Waals surface area contributed by atoms with Gasteiger partial charge < -0.3 is 14.2 Å². The lowest BCUT2D eigenvalue weighted by Gasteiger charge is -2.32. The van der Waals surface area contributed by atoms with Crippen LogP contribution in [0.3, 0.4) is 0 Å². The van der Waals surface area contributed by atoms with Gasteiger partial charge in [-0.05, 0) is 17.7 Å². The first-order chi connectivity index (χ1) is 10.8. The number of benzene rings is 1. The molecule has 1 atom stereocenters. The highest BCUT2D eigenvalue weighted by Crippen LogP contribution is 2.22. The van der Waals surface area contributed by atoms with Crippen LogP contribution < -0.4 is 0 Å². The van der Waals surface area contributed by atoms with Crippen molar-refractivity contribution in [2.45, 2.75) is 6.04 Å². The summed E-state index contributed by atoms with van der Waals surface area (Å²) in [4.78, 5) is 18.2. The van der Waals surface area contributed by atoms with Crippen LogP contribution in [0.5, 0.6) is 0 Å². The van der Waals surface area contributed by atoms with Gasteiger partial charge >= 0.3 is 0 Å². The van der Waals surface area contributed by atoms with Gasteiger partial charge in [0.25, 0.3) is 0 Å². The zero-order valence-electron chi connectivity index (χ0n) is 11.7. The van der Waals surface area contributed by atoms with E-state index in [0.29, 0.717) is 25.6 Å². The van der Waals surface area contributed by atoms with Crippen molar-refractivity contribution in [1.82, 2.24) is 15.0 Å². The maximum atomic E-state index is 12.5. The van der Waals surface area contributed by atoms with E-state index in [1.54, 1.807) is 17.1 Å². The van der Waals surface area contributed by atoms with E-state index in [4.69, 9.17) is 9.26 Å². The Morgan fingerprint density at radius 3 is 3.05 bits per heavy atom. The molecule has 0 N–H and O–H groups in total. The maximum absolute atomic E-state index is 12.5. The minimum atomic E-state index is -0.316. The summed E-state index contributed by atoms with van der Waals surface area (Å²) in [6.45, 7) is 1.37.